The minimum Gasteiger partial charge on any atom is -0.381 e. The lowest BCUT2D eigenvalue weighted by Crippen LogP contribution is -2.46. The van der Waals surface area contributed by atoms with Crippen LogP contribution in [0, 0.1) is 5.92 Å². The number of rotatable bonds is 17. The predicted octanol–water partition coefficient (Wildman–Crippen LogP) is 10.6. The Hall–Kier alpha value is -4.86. The van der Waals surface area contributed by atoms with Gasteiger partial charge in [0.15, 0.2) is 5.82 Å². The Morgan fingerprint density at radius 1 is 0.871 bits per heavy atom. The first kappa shape index (κ1) is 45.2. The number of fused-ring (bicyclic) bond motifs is 1. The van der Waals surface area contributed by atoms with Gasteiger partial charge >= 0.3 is 6.18 Å². The molecule has 326 valence electrons. The second kappa shape index (κ2) is 20.1. The van der Waals surface area contributed by atoms with Crippen molar-refractivity contribution in [3.05, 3.63) is 138 Å². The van der Waals surface area contributed by atoms with E-state index >= 15 is 0 Å². The molecule has 1 saturated heterocycles. The largest absolute Gasteiger partial charge is 0.418 e. The Morgan fingerprint density at radius 3 is 2.32 bits per heavy atom. The maximum Gasteiger partial charge on any atom is 0.418 e. The third kappa shape index (κ3) is 11.8. The van der Waals surface area contributed by atoms with Crippen molar-refractivity contribution in [2.24, 2.45) is 5.92 Å². The highest BCUT2D eigenvalue weighted by Crippen LogP contribution is 2.38. The quantitative estimate of drug-likeness (QED) is 0.0868. The Labute approximate surface area is 371 Å². The van der Waals surface area contributed by atoms with Gasteiger partial charge in [0.25, 0.3) is 10.0 Å². The van der Waals surface area contributed by atoms with E-state index in [-0.39, 0.29) is 17.5 Å². The van der Waals surface area contributed by atoms with Gasteiger partial charge in [-0.2, -0.15) is 13.2 Å². The highest BCUT2D eigenvalue weighted by molar-refractivity contribution is 7.99. The van der Waals surface area contributed by atoms with Crippen LogP contribution in [-0.2, 0) is 22.7 Å². The molecule has 1 atom stereocenters. The van der Waals surface area contributed by atoms with Crippen molar-refractivity contribution >= 4 is 61.5 Å². The average molecular weight is 903 g/mol. The van der Waals surface area contributed by atoms with Gasteiger partial charge in [0.2, 0.25) is 0 Å². The molecule has 9 nitrogen and oxygen atoms in total. The topological polar surface area (TPSA) is 93.7 Å². The van der Waals surface area contributed by atoms with E-state index < -0.39 is 26.7 Å². The van der Waals surface area contributed by atoms with Gasteiger partial charge in [-0.3, -0.25) is 9.62 Å². The van der Waals surface area contributed by atoms with Crippen LogP contribution in [0.15, 0.2) is 131 Å². The molecule has 0 spiro atoms. The molecule has 1 aromatic heterocycles. The normalized spacial score (nSPS) is 14.4. The molecule has 2 heterocycles. The van der Waals surface area contributed by atoms with Crippen LogP contribution in [0.4, 0.5) is 30.4 Å². The number of sulfonamides is 1. The number of alkyl halides is 3. The zero-order chi connectivity index (χ0) is 43.9. The highest BCUT2D eigenvalue weighted by atomic mass is 35.5. The van der Waals surface area contributed by atoms with Crippen LogP contribution in [-0.4, -0.2) is 86.3 Å². The van der Waals surface area contributed by atoms with E-state index in [9.17, 15) is 21.6 Å². The molecule has 2 N–H and O–H groups in total. The molecule has 0 amide bonds. The van der Waals surface area contributed by atoms with E-state index in [2.05, 4.69) is 66.8 Å². The summed E-state index contributed by atoms with van der Waals surface area (Å²) in [7, 11) is -2.50. The van der Waals surface area contributed by atoms with Crippen LogP contribution in [0.25, 0.3) is 22.0 Å². The molecule has 1 fully saturated rings. The number of thioether (sulfide) groups is 1. The number of anilines is 3. The molecule has 0 bridgehead atoms. The summed E-state index contributed by atoms with van der Waals surface area (Å²) in [4.78, 5) is 16.0. The van der Waals surface area contributed by atoms with E-state index in [0.717, 1.165) is 55.4 Å². The molecular weight excluding hydrogens is 851 g/mol. The number of halogens is 4. The Kier molecular flexibility index (Phi) is 14.6. The van der Waals surface area contributed by atoms with E-state index in [1.807, 2.05) is 79.8 Å². The fraction of sp³-hybridized carbons (Fsp3) is 0.319. The highest BCUT2D eigenvalue weighted by Gasteiger charge is 2.36. The summed E-state index contributed by atoms with van der Waals surface area (Å²) in [6, 6.07) is 34.3. The van der Waals surface area contributed by atoms with E-state index in [4.69, 9.17) is 11.6 Å². The number of nitrogens with zero attached hydrogens (tertiary/aromatic N) is 5. The van der Waals surface area contributed by atoms with Gasteiger partial charge in [-0.15, -0.1) is 11.8 Å². The van der Waals surface area contributed by atoms with E-state index in [1.165, 1.54) is 29.6 Å². The van der Waals surface area contributed by atoms with Crippen LogP contribution in [0.1, 0.15) is 31.4 Å². The molecule has 1 aliphatic heterocycles. The standard InChI is InChI=1S/C47H51ClF3N7O2S2/c1-33(2)29-56(3)22-21-37(31-61-39-10-5-4-6-11-39)54-44-20-18-40(28-43(44)47(49,50)51)62(59,60)55-46-42-19-17-38(27-45(42)52-32-53-46)58-25-23-57(24-26-58)30-35-9-7-8-12-41(35)34-13-15-36(48)16-14-34/h4-20,27-28,32-33,37,54H,21-26,29-31H2,1-3H3,(H,52,53,55)/t37-/m1/s1. The zero-order valence-electron chi connectivity index (χ0n) is 34.9. The van der Waals surface area contributed by atoms with E-state index in [1.54, 1.807) is 17.8 Å². The molecule has 0 unspecified atom stereocenters. The fourth-order valence-electron chi connectivity index (χ4n) is 7.76. The van der Waals surface area contributed by atoms with Gasteiger partial charge in [0.05, 0.1) is 16.0 Å². The summed E-state index contributed by atoms with van der Waals surface area (Å²) in [6.07, 6.45) is -2.99. The average Bonchev–Trinajstić information content (AvgIpc) is 3.25. The van der Waals surface area contributed by atoms with Crippen LogP contribution in [0.3, 0.4) is 0 Å². The fourth-order valence-corrected chi connectivity index (χ4v) is 9.93. The number of hydrogen-bond acceptors (Lipinski definition) is 9. The lowest BCUT2D eigenvalue weighted by molar-refractivity contribution is -0.137. The smallest absolute Gasteiger partial charge is 0.381 e. The summed E-state index contributed by atoms with van der Waals surface area (Å²) >= 11 is 7.70. The number of piperazine rings is 1. The first-order chi connectivity index (χ1) is 29.7. The van der Waals surface area contributed by atoms with Gasteiger partial charge in [-0.05, 0) is 103 Å². The molecule has 6 aromatic rings. The third-order valence-corrected chi connectivity index (χ3v) is 13.6. The first-order valence-corrected chi connectivity index (χ1v) is 23.5. The second-order valence-corrected chi connectivity index (χ2v) is 19.3. The zero-order valence-corrected chi connectivity index (χ0v) is 37.3. The van der Waals surface area contributed by atoms with Crippen molar-refractivity contribution in [2.75, 3.05) is 67.0 Å². The first-order valence-electron chi connectivity index (χ1n) is 20.6. The molecule has 7 rings (SSSR count). The van der Waals surface area contributed by atoms with Crippen molar-refractivity contribution in [3.63, 3.8) is 0 Å². The van der Waals surface area contributed by atoms with Crippen molar-refractivity contribution in [1.29, 1.82) is 0 Å². The summed E-state index contributed by atoms with van der Waals surface area (Å²) < 4.78 is 74.2. The third-order valence-electron chi connectivity index (χ3n) is 10.9. The summed E-state index contributed by atoms with van der Waals surface area (Å²) in [6.45, 7) is 9.78. The van der Waals surface area contributed by atoms with Gasteiger partial charge in [0, 0.05) is 77.7 Å². The van der Waals surface area contributed by atoms with Gasteiger partial charge in [-0.25, -0.2) is 18.4 Å². The van der Waals surface area contributed by atoms with Crippen molar-refractivity contribution < 1.29 is 21.6 Å². The molecule has 15 heteroatoms. The maximum absolute atomic E-state index is 14.7. The lowest BCUT2D eigenvalue weighted by Gasteiger charge is -2.36. The minimum atomic E-state index is -4.83. The summed E-state index contributed by atoms with van der Waals surface area (Å²) in [5.41, 5.74) is 3.73. The minimum absolute atomic E-state index is 0.0231. The van der Waals surface area contributed by atoms with Crippen LogP contribution < -0.4 is 14.9 Å². The Balaban J connectivity index is 1.04. The Bertz CT molecular complexity index is 2540. The van der Waals surface area contributed by atoms with E-state index in [0.29, 0.717) is 46.6 Å². The summed E-state index contributed by atoms with van der Waals surface area (Å²) in [5, 5.41) is 4.25. The van der Waals surface area contributed by atoms with Crippen molar-refractivity contribution in [2.45, 2.75) is 48.8 Å². The van der Waals surface area contributed by atoms with Gasteiger partial charge in [0.1, 0.15) is 6.33 Å². The van der Waals surface area contributed by atoms with Gasteiger partial charge < -0.3 is 15.1 Å². The maximum atomic E-state index is 14.7. The lowest BCUT2D eigenvalue weighted by atomic mass is 9.99. The number of nitrogens with one attached hydrogen (secondary N) is 2. The van der Waals surface area contributed by atoms with Crippen LogP contribution in [0.2, 0.25) is 5.02 Å². The van der Waals surface area contributed by atoms with Crippen molar-refractivity contribution in [1.82, 2.24) is 19.8 Å². The molecule has 0 radical (unpaired) electrons. The molecular formula is C47H51ClF3N7O2S2. The Morgan fingerprint density at radius 2 is 1.60 bits per heavy atom. The number of aromatic nitrogens is 2. The van der Waals surface area contributed by atoms with Gasteiger partial charge in [-0.1, -0.05) is 80.0 Å². The molecule has 1 aliphatic rings. The van der Waals surface area contributed by atoms with Crippen LogP contribution >= 0.6 is 23.4 Å². The molecule has 62 heavy (non-hydrogen) atoms. The monoisotopic (exact) mass is 901 g/mol. The predicted molar refractivity (Wildman–Crippen MR) is 248 cm³/mol. The molecule has 0 aliphatic carbocycles. The molecule has 5 aromatic carbocycles. The summed E-state index contributed by atoms with van der Waals surface area (Å²) in [5.74, 6) is 0.931. The number of benzene rings is 5. The molecule has 0 saturated carbocycles. The number of hydrogen-bond donors (Lipinski definition) is 2. The van der Waals surface area contributed by atoms with Crippen molar-refractivity contribution in [3.8, 4) is 11.1 Å². The van der Waals surface area contributed by atoms with Crippen LogP contribution in [0.5, 0.6) is 0 Å². The second-order valence-electron chi connectivity index (χ2n) is 16.1. The SMILES string of the molecule is CC(C)CN(C)CC[C@H](CSc1ccccc1)Nc1ccc(S(=O)(=O)Nc2ncnc3cc(N4CCN(Cc5ccccc5-c5ccc(Cl)cc5)CC4)ccc23)cc1C(F)(F)F.